The number of aromatic nitrogens is 2. The summed E-state index contributed by atoms with van der Waals surface area (Å²) in [7, 11) is 0. The van der Waals surface area contributed by atoms with Crippen molar-refractivity contribution in [3.05, 3.63) is 29.0 Å². The van der Waals surface area contributed by atoms with E-state index in [0.29, 0.717) is 17.4 Å². The van der Waals surface area contributed by atoms with E-state index in [1.165, 1.54) is 0 Å². The summed E-state index contributed by atoms with van der Waals surface area (Å²) >= 11 is 6.00. The molecule has 0 bridgehead atoms. The van der Waals surface area contributed by atoms with E-state index in [-0.39, 0.29) is 31.2 Å². The van der Waals surface area contributed by atoms with E-state index in [0.717, 1.165) is 23.9 Å². The van der Waals surface area contributed by atoms with Crippen molar-refractivity contribution in [3.8, 4) is 0 Å². The van der Waals surface area contributed by atoms with Crippen molar-refractivity contribution in [2.24, 2.45) is 5.92 Å². The summed E-state index contributed by atoms with van der Waals surface area (Å²) in [6.07, 6.45) is 1.40. The Labute approximate surface area is 143 Å². The molecule has 1 aromatic heterocycles. The number of H-pyrrole nitrogens is 1. The van der Waals surface area contributed by atoms with Crippen LogP contribution in [-0.2, 0) is 4.79 Å². The van der Waals surface area contributed by atoms with Crippen molar-refractivity contribution >= 4 is 28.5 Å². The first-order valence-electron chi connectivity index (χ1n) is 8.26. The summed E-state index contributed by atoms with van der Waals surface area (Å²) in [6, 6.07) is 5.23. The Balaban J connectivity index is 1.58. The zero-order chi connectivity index (χ0) is 16.9. The van der Waals surface area contributed by atoms with Gasteiger partial charge in [-0.3, -0.25) is 4.79 Å². The fourth-order valence-corrected chi connectivity index (χ4v) is 4.04. The van der Waals surface area contributed by atoms with E-state index < -0.39 is 11.8 Å². The largest absolute Gasteiger partial charge is 0.340 e. The van der Waals surface area contributed by atoms with Crippen LogP contribution in [-0.4, -0.2) is 33.2 Å². The highest BCUT2D eigenvalue weighted by atomic mass is 35.5. The lowest BCUT2D eigenvalue weighted by atomic mass is 10.1. The normalized spacial score (nSPS) is 26.4. The lowest BCUT2D eigenvalue weighted by molar-refractivity contribution is -0.137. The fraction of sp³-hybridized carbons (Fsp3) is 0.529. The Bertz CT molecular complexity index is 791. The molecule has 0 spiro atoms. The molecule has 1 amide bonds. The number of alkyl halides is 2. The lowest BCUT2D eigenvalue weighted by Crippen LogP contribution is -2.35. The van der Waals surface area contributed by atoms with Gasteiger partial charge in [-0.05, 0) is 37.5 Å². The monoisotopic (exact) mass is 353 g/mol. The molecule has 2 aliphatic rings. The minimum Gasteiger partial charge on any atom is -0.340 e. The third-order valence-corrected chi connectivity index (χ3v) is 5.30. The standard InChI is InChI=1S/C17H18ClF2N3O/c18-11-3-4-12-13(8-11)22-15(21-12)14-2-1-7-23(14)16(24)10-5-6-17(19,20)9-10/h3-4,8,10,14H,1-2,5-7,9H2,(H,21,22). The molecule has 2 unspecified atom stereocenters. The van der Waals surface area contributed by atoms with Crippen LogP contribution in [0.5, 0.6) is 0 Å². The molecule has 4 rings (SSSR count). The predicted octanol–water partition coefficient (Wildman–Crippen LogP) is 4.32. The predicted molar refractivity (Wildman–Crippen MR) is 87.1 cm³/mol. The molecule has 4 nitrogen and oxygen atoms in total. The molecular weight excluding hydrogens is 336 g/mol. The molecule has 2 heterocycles. The van der Waals surface area contributed by atoms with Crippen LogP contribution in [0.2, 0.25) is 5.02 Å². The van der Waals surface area contributed by atoms with Gasteiger partial charge in [0.25, 0.3) is 0 Å². The molecule has 24 heavy (non-hydrogen) atoms. The van der Waals surface area contributed by atoms with Crippen molar-refractivity contribution in [2.75, 3.05) is 6.54 Å². The highest BCUT2D eigenvalue weighted by Crippen LogP contribution is 2.42. The molecule has 1 N–H and O–H groups in total. The zero-order valence-corrected chi connectivity index (χ0v) is 13.8. The highest BCUT2D eigenvalue weighted by molar-refractivity contribution is 6.31. The van der Waals surface area contributed by atoms with E-state index in [9.17, 15) is 13.6 Å². The number of fused-ring (bicyclic) bond motifs is 1. The van der Waals surface area contributed by atoms with Crippen molar-refractivity contribution in [1.82, 2.24) is 14.9 Å². The molecule has 1 saturated carbocycles. The molecule has 2 aromatic rings. The highest BCUT2D eigenvalue weighted by Gasteiger charge is 2.45. The third-order valence-electron chi connectivity index (χ3n) is 5.07. The fourth-order valence-electron chi connectivity index (χ4n) is 3.87. The van der Waals surface area contributed by atoms with Crippen molar-refractivity contribution in [2.45, 2.75) is 44.1 Å². The number of nitrogens with one attached hydrogen (secondary N) is 1. The van der Waals surface area contributed by atoms with Crippen LogP contribution in [0.4, 0.5) is 8.78 Å². The number of rotatable bonds is 2. The number of carbonyl (C=O) groups excluding carboxylic acids is 1. The first-order chi connectivity index (χ1) is 11.4. The molecule has 2 atom stereocenters. The number of aromatic amines is 1. The van der Waals surface area contributed by atoms with Gasteiger partial charge in [0.2, 0.25) is 11.8 Å². The minimum atomic E-state index is -2.70. The molecule has 7 heteroatoms. The molecule has 2 fully saturated rings. The molecular formula is C17H18ClF2N3O. The van der Waals surface area contributed by atoms with E-state index >= 15 is 0 Å². The van der Waals surface area contributed by atoms with E-state index in [2.05, 4.69) is 9.97 Å². The second kappa shape index (κ2) is 5.69. The summed E-state index contributed by atoms with van der Waals surface area (Å²) in [5, 5.41) is 0.616. The summed E-state index contributed by atoms with van der Waals surface area (Å²) < 4.78 is 26.9. The molecule has 1 aliphatic carbocycles. The SMILES string of the molecule is O=C(C1CCC(F)(F)C1)N1CCCC1c1nc2ccc(Cl)cc2[nH]1. The maximum Gasteiger partial charge on any atom is 0.248 e. The van der Waals surface area contributed by atoms with Gasteiger partial charge >= 0.3 is 0 Å². The number of amides is 1. The van der Waals surface area contributed by atoms with E-state index in [1.807, 2.05) is 6.07 Å². The maximum atomic E-state index is 13.4. The van der Waals surface area contributed by atoms with Gasteiger partial charge in [-0.1, -0.05) is 11.6 Å². The summed E-state index contributed by atoms with van der Waals surface area (Å²) in [5.41, 5.74) is 1.62. The maximum absolute atomic E-state index is 13.4. The van der Waals surface area contributed by atoms with Crippen LogP contribution in [0, 0.1) is 5.92 Å². The van der Waals surface area contributed by atoms with Crippen LogP contribution < -0.4 is 0 Å². The van der Waals surface area contributed by atoms with Crippen LogP contribution in [0.15, 0.2) is 18.2 Å². The molecule has 1 aliphatic heterocycles. The van der Waals surface area contributed by atoms with Gasteiger partial charge < -0.3 is 9.88 Å². The Morgan fingerprint density at radius 3 is 2.96 bits per heavy atom. The number of benzene rings is 1. The lowest BCUT2D eigenvalue weighted by Gasteiger charge is -2.26. The topological polar surface area (TPSA) is 49.0 Å². The van der Waals surface area contributed by atoms with Crippen molar-refractivity contribution < 1.29 is 13.6 Å². The van der Waals surface area contributed by atoms with Gasteiger partial charge in [0.15, 0.2) is 0 Å². The molecule has 1 aromatic carbocycles. The Morgan fingerprint density at radius 2 is 2.21 bits per heavy atom. The summed E-state index contributed by atoms with van der Waals surface area (Å²) in [5.74, 6) is -2.72. The average Bonchev–Trinajstić information content (AvgIpc) is 3.22. The van der Waals surface area contributed by atoms with Crippen LogP contribution >= 0.6 is 11.6 Å². The van der Waals surface area contributed by atoms with E-state index in [1.54, 1.807) is 17.0 Å². The van der Waals surface area contributed by atoms with Gasteiger partial charge in [-0.25, -0.2) is 13.8 Å². The quantitative estimate of drug-likeness (QED) is 0.874. The van der Waals surface area contributed by atoms with Gasteiger partial charge in [-0.15, -0.1) is 0 Å². The molecule has 1 saturated heterocycles. The summed E-state index contributed by atoms with van der Waals surface area (Å²) in [6.45, 7) is 0.601. The van der Waals surface area contributed by atoms with E-state index in [4.69, 9.17) is 11.6 Å². The van der Waals surface area contributed by atoms with Gasteiger partial charge in [0.05, 0.1) is 17.1 Å². The first kappa shape index (κ1) is 15.8. The Kier molecular flexibility index (Phi) is 3.75. The van der Waals surface area contributed by atoms with Crippen LogP contribution in [0.25, 0.3) is 11.0 Å². The van der Waals surface area contributed by atoms with Gasteiger partial charge in [-0.2, -0.15) is 0 Å². The zero-order valence-electron chi connectivity index (χ0n) is 13.1. The Morgan fingerprint density at radius 1 is 1.38 bits per heavy atom. The van der Waals surface area contributed by atoms with Crippen molar-refractivity contribution in [3.63, 3.8) is 0 Å². The average molecular weight is 354 g/mol. The van der Waals surface area contributed by atoms with Crippen LogP contribution in [0.3, 0.4) is 0 Å². The summed E-state index contributed by atoms with van der Waals surface area (Å²) in [4.78, 5) is 22.2. The number of nitrogens with zero attached hydrogens (tertiary/aromatic N) is 2. The first-order valence-corrected chi connectivity index (χ1v) is 8.64. The second-order valence-electron chi connectivity index (χ2n) is 6.77. The molecule has 128 valence electrons. The van der Waals surface area contributed by atoms with Crippen LogP contribution in [0.1, 0.15) is 44.0 Å². The number of hydrogen-bond donors (Lipinski definition) is 1. The number of imidazole rings is 1. The number of carbonyl (C=O) groups is 1. The smallest absolute Gasteiger partial charge is 0.248 e. The number of likely N-dealkylation sites (tertiary alicyclic amines) is 1. The Hall–Kier alpha value is -1.69. The third kappa shape index (κ3) is 2.77. The minimum absolute atomic E-state index is 0.159. The van der Waals surface area contributed by atoms with Gasteiger partial charge in [0.1, 0.15) is 5.82 Å². The molecule has 0 radical (unpaired) electrons. The van der Waals surface area contributed by atoms with Gasteiger partial charge in [0, 0.05) is 30.3 Å². The number of hydrogen-bond acceptors (Lipinski definition) is 2. The number of halogens is 3. The van der Waals surface area contributed by atoms with Crippen molar-refractivity contribution in [1.29, 1.82) is 0 Å². The second-order valence-corrected chi connectivity index (χ2v) is 7.21.